The summed E-state index contributed by atoms with van der Waals surface area (Å²) in [7, 11) is 0. The highest BCUT2D eigenvalue weighted by Crippen LogP contribution is 2.13. The van der Waals surface area contributed by atoms with Crippen LogP contribution < -0.4 is 5.32 Å². The van der Waals surface area contributed by atoms with Crippen LogP contribution in [0.25, 0.3) is 0 Å². The Balaban J connectivity index is 1.87. The zero-order valence-corrected chi connectivity index (χ0v) is 11.2. The van der Waals surface area contributed by atoms with Crippen LogP contribution in [-0.4, -0.2) is 36.2 Å². The fourth-order valence-corrected chi connectivity index (χ4v) is 2.24. The van der Waals surface area contributed by atoms with E-state index in [-0.39, 0.29) is 11.8 Å². The maximum atomic E-state index is 11.9. The molecule has 1 fully saturated rings. The molecular weight excluding hydrogens is 258 g/mol. The van der Waals surface area contributed by atoms with Gasteiger partial charge in [0.2, 0.25) is 5.91 Å². The summed E-state index contributed by atoms with van der Waals surface area (Å²) in [6.07, 6.45) is 1.68. The minimum Gasteiger partial charge on any atom is -0.480 e. The molecule has 0 aromatic heterocycles. The van der Waals surface area contributed by atoms with Crippen LogP contribution in [-0.2, 0) is 20.7 Å². The van der Waals surface area contributed by atoms with Crippen molar-refractivity contribution in [2.45, 2.75) is 25.3 Å². The zero-order valence-electron chi connectivity index (χ0n) is 11.2. The van der Waals surface area contributed by atoms with E-state index in [1.54, 1.807) is 0 Å². The third kappa shape index (κ3) is 4.06. The maximum Gasteiger partial charge on any atom is 0.326 e. The van der Waals surface area contributed by atoms with Gasteiger partial charge < -0.3 is 15.2 Å². The number of nitrogens with one attached hydrogen (secondary N) is 1. The molecule has 5 heteroatoms. The first-order valence-corrected chi connectivity index (χ1v) is 6.81. The quantitative estimate of drug-likeness (QED) is 0.820. The predicted molar refractivity (Wildman–Crippen MR) is 73.3 cm³/mol. The van der Waals surface area contributed by atoms with E-state index in [9.17, 15) is 14.7 Å². The zero-order chi connectivity index (χ0) is 14.4. The number of carbonyl (C=O) groups is 2. The highest BCUT2D eigenvalue weighted by molar-refractivity contribution is 5.85. The molecule has 1 aliphatic rings. The lowest BCUT2D eigenvalue weighted by atomic mass is 10.0. The Labute approximate surface area is 117 Å². The van der Waals surface area contributed by atoms with Crippen LogP contribution in [0.1, 0.15) is 18.4 Å². The molecule has 0 bridgehead atoms. The largest absolute Gasteiger partial charge is 0.480 e. The van der Waals surface area contributed by atoms with Gasteiger partial charge in [-0.15, -0.1) is 0 Å². The van der Waals surface area contributed by atoms with Crippen molar-refractivity contribution in [2.75, 3.05) is 13.2 Å². The van der Waals surface area contributed by atoms with Crippen molar-refractivity contribution in [2.24, 2.45) is 5.92 Å². The fourth-order valence-electron chi connectivity index (χ4n) is 2.24. The molecule has 0 spiro atoms. The Morgan fingerprint density at radius 3 is 2.70 bits per heavy atom. The minimum absolute atomic E-state index is 0.214. The van der Waals surface area contributed by atoms with Crippen molar-refractivity contribution >= 4 is 11.9 Å². The summed E-state index contributed by atoms with van der Waals surface area (Å²) in [5.41, 5.74) is 1.07. The molecule has 1 aromatic carbocycles. The SMILES string of the molecule is O=C(NC(CCc1ccccc1)C(=O)O)C1CCOC1. The van der Waals surface area contributed by atoms with Gasteiger partial charge in [-0.25, -0.2) is 4.79 Å². The van der Waals surface area contributed by atoms with Crippen LogP contribution in [0.4, 0.5) is 0 Å². The van der Waals surface area contributed by atoms with Crippen molar-refractivity contribution < 1.29 is 19.4 Å². The number of carboxylic acid groups (broad SMARTS) is 1. The van der Waals surface area contributed by atoms with E-state index in [2.05, 4.69) is 5.32 Å². The monoisotopic (exact) mass is 277 g/mol. The lowest BCUT2D eigenvalue weighted by molar-refractivity contribution is -0.142. The average molecular weight is 277 g/mol. The first kappa shape index (κ1) is 14.5. The Hall–Kier alpha value is -1.88. The van der Waals surface area contributed by atoms with E-state index >= 15 is 0 Å². The van der Waals surface area contributed by atoms with Crippen molar-refractivity contribution in [3.63, 3.8) is 0 Å². The van der Waals surface area contributed by atoms with Crippen molar-refractivity contribution in [1.82, 2.24) is 5.32 Å². The molecule has 0 aliphatic carbocycles. The van der Waals surface area contributed by atoms with Gasteiger partial charge in [0, 0.05) is 6.61 Å². The number of carbonyl (C=O) groups excluding carboxylic acids is 1. The van der Waals surface area contributed by atoms with Gasteiger partial charge in [-0.05, 0) is 24.8 Å². The Morgan fingerprint density at radius 1 is 1.35 bits per heavy atom. The van der Waals surface area contributed by atoms with Crippen LogP contribution in [0.2, 0.25) is 0 Å². The van der Waals surface area contributed by atoms with E-state index in [1.165, 1.54) is 0 Å². The second kappa shape index (κ2) is 7.05. The smallest absolute Gasteiger partial charge is 0.326 e. The molecule has 2 unspecified atom stereocenters. The fraction of sp³-hybridized carbons (Fsp3) is 0.467. The van der Waals surface area contributed by atoms with Gasteiger partial charge in [0.05, 0.1) is 12.5 Å². The highest BCUT2D eigenvalue weighted by Gasteiger charge is 2.27. The molecule has 2 N–H and O–H groups in total. The maximum absolute atomic E-state index is 11.9. The molecular formula is C15H19NO4. The number of aliphatic carboxylic acids is 1. The second-order valence-corrected chi connectivity index (χ2v) is 4.98. The summed E-state index contributed by atoms with van der Waals surface area (Å²) in [4.78, 5) is 23.1. The van der Waals surface area contributed by atoms with Gasteiger partial charge >= 0.3 is 5.97 Å². The Morgan fingerprint density at radius 2 is 2.10 bits per heavy atom. The molecule has 1 aromatic rings. The number of benzene rings is 1. The van der Waals surface area contributed by atoms with Gasteiger partial charge in [-0.3, -0.25) is 4.79 Å². The molecule has 2 atom stereocenters. The number of hydrogen-bond acceptors (Lipinski definition) is 3. The molecule has 1 saturated heterocycles. The number of ether oxygens (including phenoxy) is 1. The number of aryl methyl sites for hydroxylation is 1. The first-order valence-electron chi connectivity index (χ1n) is 6.81. The molecule has 1 amide bonds. The standard InChI is InChI=1S/C15H19NO4/c17-14(12-8-9-20-10-12)16-13(15(18)19)7-6-11-4-2-1-3-5-11/h1-5,12-13H,6-10H2,(H,16,17)(H,18,19). The molecule has 108 valence electrons. The molecule has 0 saturated carbocycles. The van der Waals surface area contributed by atoms with E-state index in [4.69, 9.17) is 4.74 Å². The van der Waals surface area contributed by atoms with Gasteiger partial charge in [0.25, 0.3) is 0 Å². The summed E-state index contributed by atoms with van der Waals surface area (Å²) in [5.74, 6) is -1.43. The van der Waals surface area contributed by atoms with Crippen molar-refractivity contribution in [1.29, 1.82) is 0 Å². The molecule has 2 rings (SSSR count). The predicted octanol–water partition coefficient (Wildman–Crippen LogP) is 1.23. The average Bonchev–Trinajstić information content (AvgIpc) is 2.98. The number of hydrogen-bond donors (Lipinski definition) is 2. The second-order valence-electron chi connectivity index (χ2n) is 4.98. The number of amides is 1. The van der Waals surface area contributed by atoms with Crippen LogP contribution in [0.15, 0.2) is 30.3 Å². The Bertz CT molecular complexity index is 454. The highest BCUT2D eigenvalue weighted by atomic mass is 16.5. The number of carboxylic acids is 1. The molecule has 1 heterocycles. The lowest BCUT2D eigenvalue weighted by Crippen LogP contribution is -2.44. The molecule has 0 radical (unpaired) electrons. The molecule has 20 heavy (non-hydrogen) atoms. The van der Waals surface area contributed by atoms with E-state index in [0.717, 1.165) is 5.56 Å². The normalized spacial score (nSPS) is 19.5. The third-order valence-electron chi connectivity index (χ3n) is 3.48. The van der Waals surface area contributed by atoms with E-state index < -0.39 is 12.0 Å². The topological polar surface area (TPSA) is 75.6 Å². The van der Waals surface area contributed by atoms with Crippen LogP contribution >= 0.6 is 0 Å². The summed E-state index contributed by atoms with van der Waals surface area (Å²) in [6, 6.07) is 8.80. The van der Waals surface area contributed by atoms with E-state index in [1.807, 2.05) is 30.3 Å². The summed E-state index contributed by atoms with van der Waals surface area (Å²) in [6.45, 7) is 0.955. The van der Waals surface area contributed by atoms with Crippen molar-refractivity contribution in [3.8, 4) is 0 Å². The van der Waals surface area contributed by atoms with Crippen LogP contribution in [0.3, 0.4) is 0 Å². The third-order valence-corrected chi connectivity index (χ3v) is 3.48. The summed E-state index contributed by atoms with van der Waals surface area (Å²) < 4.78 is 5.14. The first-order chi connectivity index (χ1) is 9.66. The molecule has 5 nitrogen and oxygen atoms in total. The minimum atomic E-state index is -0.992. The van der Waals surface area contributed by atoms with Gasteiger partial charge in [-0.2, -0.15) is 0 Å². The molecule has 1 aliphatic heterocycles. The Kier molecular flexibility index (Phi) is 5.12. The van der Waals surface area contributed by atoms with Gasteiger partial charge in [-0.1, -0.05) is 30.3 Å². The van der Waals surface area contributed by atoms with E-state index in [0.29, 0.717) is 32.5 Å². The lowest BCUT2D eigenvalue weighted by Gasteiger charge is -2.16. The van der Waals surface area contributed by atoms with Crippen LogP contribution in [0, 0.1) is 5.92 Å². The summed E-state index contributed by atoms with van der Waals surface area (Å²) in [5, 5.41) is 11.8. The van der Waals surface area contributed by atoms with Crippen molar-refractivity contribution in [3.05, 3.63) is 35.9 Å². The number of rotatable bonds is 6. The van der Waals surface area contributed by atoms with Gasteiger partial charge in [0.1, 0.15) is 6.04 Å². The van der Waals surface area contributed by atoms with Crippen LogP contribution in [0.5, 0.6) is 0 Å². The van der Waals surface area contributed by atoms with Gasteiger partial charge in [0.15, 0.2) is 0 Å². The summed E-state index contributed by atoms with van der Waals surface area (Å²) >= 11 is 0.